The standard InChI is InChI=1S/C25H23Cl2N3O4S/c26-19-4-8-21(9-5-19)28-25(32)29-23-12-3-17(24(31)30-13-1-2-14-30)15-18(23)16-35(33,34)22-10-6-20(27)7-11-22/h3-12,15H,1-2,13-14,16H2,(H2,28,29,32). The number of benzene rings is 3. The molecule has 1 saturated heterocycles. The predicted octanol–water partition coefficient (Wildman–Crippen LogP) is 5.85. The molecule has 4 rings (SSSR count). The molecule has 7 nitrogen and oxygen atoms in total. The van der Waals surface area contributed by atoms with Crippen LogP contribution in [-0.2, 0) is 15.6 Å². The van der Waals surface area contributed by atoms with Crippen LogP contribution in [0.1, 0.15) is 28.8 Å². The largest absolute Gasteiger partial charge is 0.339 e. The van der Waals surface area contributed by atoms with Gasteiger partial charge in [0, 0.05) is 40.1 Å². The fraction of sp³-hybridized carbons (Fsp3) is 0.200. The SMILES string of the molecule is O=C(Nc1ccc(Cl)cc1)Nc1ccc(C(=O)N2CCCC2)cc1CS(=O)(=O)c1ccc(Cl)cc1. The number of urea groups is 1. The topological polar surface area (TPSA) is 95.6 Å². The van der Waals surface area contributed by atoms with Gasteiger partial charge in [0.1, 0.15) is 0 Å². The smallest absolute Gasteiger partial charge is 0.323 e. The third-order valence-electron chi connectivity index (χ3n) is 5.61. The van der Waals surface area contributed by atoms with E-state index in [1.807, 2.05) is 0 Å². The van der Waals surface area contributed by atoms with Crippen LogP contribution < -0.4 is 10.6 Å². The summed E-state index contributed by atoms with van der Waals surface area (Å²) in [4.78, 5) is 27.4. The zero-order chi connectivity index (χ0) is 25.0. The average Bonchev–Trinajstić information content (AvgIpc) is 3.36. The second kappa shape index (κ2) is 10.7. The number of carbonyl (C=O) groups excluding carboxylic acids is 2. The molecule has 1 aliphatic rings. The van der Waals surface area contributed by atoms with Crippen molar-refractivity contribution < 1.29 is 18.0 Å². The number of halogens is 2. The first-order valence-corrected chi connectivity index (χ1v) is 13.4. The zero-order valence-electron chi connectivity index (χ0n) is 18.6. The molecule has 3 aromatic rings. The van der Waals surface area contributed by atoms with Crippen LogP contribution in [-0.4, -0.2) is 38.3 Å². The summed E-state index contributed by atoms with van der Waals surface area (Å²) in [6, 6.07) is 16.5. The number of hydrogen-bond donors (Lipinski definition) is 2. The van der Waals surface area contributed by atoms with E-state index in [0.29, 0.717) is 39.9 Å². The number of nitrogens with one attached hydrogen (secondary N) is 2. The number of likely N-dealkylation sites (tertiary alicyclic amines) is 1. The summed E-state index contributed by atoms with van der Waals surface area (Å²) in [5.74, 6) is -0.573. The summed E-state index contributed by atoms with van der Waals surface area (Å²) in [6.07, 6.45) is 1.88. The van der Waals surface area contributed by atoms with Crippen LogP contribution in [0.4, 0.5) is 16.2 Å². The van der Waals surface area contributed by atoms with Gasteiger partial charge in [-0.3, -0.25) is 4.79 Å². The normalized spacial score (nSPS) is 13.5. The van der Waals surface area contributed by atoms with Crippen LogP contribution in [0, 0.1) is 0 Å². The van der Waals surface area contributed by atoms with Gasteiger partial charge in [-0.25, -0.2) is 13.2 Å². The molecule has 10 heteroatoms. The minimum absolute atomic E-state index is 0.0924. The summed E-state index contributed by atoms with van der Waals surface area (Å²) in [7, 11) is -3.78. The summed E-state index contributed by atoms with van der Waals surface area (Å²) < 4.78 is 26.3. The van der Waals surface area contributed by atoms with Crippen LogP contribution in [0.3, 0.4) is 0 Å². The van der Waals surface area contributed by atoms with Gasteiger partial charge in [-0.2, -0.15) is 0 Å². The molecule has 1 heterocycles. The maximum atomic E-state index is 13.1. The molecule has 3 amide bonds. The molecule has 0 atom stereocenters. The van der Waals surface area contributed by atoms with Crippen LogP contribution in [0.25, 0.3) is 0 Å². The highest BCUT2D eigenvalue weighted by atomic mass is 35.5. The van der Waals surface area contributed by atoms with E-state index in [1.165, 1.54) is 30.3 Å². The van der Waals surface area contributed by atoms with Gasteiger partial charge >= 0.3 is 6.03 Å². The van der Waals surface area contributed by atoms with Crippen molar-refractivity contribution in [3.8, 4) is 0 Å². The monoisotopic (exact) mass is 531 g/mol. The van der Waals surface area contributed by atoms with Crippen molar-refractivity contribution in [2.24, 2.45) is 0 Å². The molecule has 35 heavy (non-hydrogen) atoms. The number of amides is 3. The van der Waals surface area contributed by atoms with Gasteiger partial charge in [-0.05, 0) is 85.1 Å². The second-order valence-corrected chi connectivity index (χ2v) is 11.0. The molecule has 0 aromatic heterocycles. The summed E-state index contributed by atoms with van der Waals surface area (Å²) >= 11 is 11.8. The predicted molar refractivity (Wildman–Crippen MR) is 138 cm³/mol. The molecule has 0 aliphatic carbocycles. The number of rotatable bonds is 6. The maximum absolute atomic E-state index is 13.1. The Bertz CT molecular complexity index is 1340. The highest BCUT2D eigenvalue weighted by molar-refractivity contribution is 7.90. The highest BCUT2D eigenvalue weighted by Crippen LogP contribution is 2.26. The third kappa shape index (κ3) is 6.33. The van der Waals surface area contributed by atoms with Gasteiger partial charge in [-0.1, -0.05) is 23.2 Å². The minimum Gasteiger partial charge on any atom is -0.339 e. The molecule has 0 spiro atoms. The Morgan fingerprint density at radius 2 is 1.43 bits per heavy atom. The number of nitrogens with zero attached hydrogens (tertiary/aromatic N) is 1. The van der Waals surface area contributed by atoms with E-state index < -0.39 is 21.6 Å². The Kier molecular flexibility index (Phi) is 7.64. The fourth-order valence-corrected chi connectivity index (χ4v) is 5.44. The Morgan fingerprint density at radius 3 is 2.06 bits per heavy atom. The van der Waals surface area contributed by atoms with Crippen molar-refractivity contribution in [3.05, 3.63) is 87.9 Å². The van der Waals surface area contributed by atoms with E-state index in [2.05, 4.69) is 10.6 Å². The lowest BCUT2D eigenvalue weighted by Crippen LogP contribution is -2.28. The molecule has 0 saturated carbocycles. The molecule has 2 N–H and O–H groups in total. The second-order valence-electron chi connectivity index (χ2n) is 8.17. The quantitative estimate of drug-likeness (QED) is 0.417. The van der Waals surface area contributed by atoms with Gasteiger partial charge in [0.2, 0.25) is 0 Å². The Hall–Kier alpha value is -3.07. The summed E-state index contributed by atoms with van der Waals surface area (Å²) in [6.45, 7) is 1.33. The number of carbonyl (C=O) groups is 2. The van der Waals surface area contributed by atoms with Crippen molar-refractivity contribution >= 4 is 56.4 Å². The molecule has 0 bridgehead atoms. The summed E-state index contributed by atoms with van der Waals surface area (Å²) in [5.41, 5.74) is 1.48. The Morgan fingerprint density at radius 1 is 0.829 bits per heavy atom. The van der Waals surface area contributed by atoms with E-state index in [0.717, 1.165) is 12.8 Å². The number of hydrogen-bond acceptors (Lipinski definition) is 4. The van der Waals surface area contributed by atoms with Gasteiger partial charge in [0.25, 0.3) is 5.91 Å². The first kappa shape index (κ1) is 25.0. The molecule has 0 unspecified atom stereocenters. The van der Waals surface area contributed by atoms with Crippen molar-refractivity contribution in [3.63, 3.8) is 0 Å². The Balaban J connectivity index is 1.62. The molecule has 0 radical (unpaired) electrons. The molecule has 1 fully saturated rings. The van der Waals surface area contributed by atoms with Crippen LogP contribution in [0.5, 0.6) is 0 Å². The molecule has 182 valence electrons. The lowest BCUT2D eigenvalue weighted by atomic mass is 10.1. The summed E-state index contributed by atoms with van der Waals surface area (Å²) in [5, 5.41) is 6.33. The van der Waals surface area contributed by atoms with Crippen LogP contribution in [0.2, 0.25) is 10.0 Å². The molecule has 1 aliphatic heterocycles. The molecular formula is C25H23Cl2N3O4S. The third-order valence-corrected chi connectivity index (χ3v) is 7.80. The van der Waals surface area contributed by atoms with Gasteiger partial charge in [0.05, 0.1) is 10.6 Å². The first-order chi connectivity index (χ1) is 16.7. The van der Waals surface area contributed by atoms with Crippen molar-refractivity contribution in [1.29, 1.82) is 0 Å². The van der Waals surface area contributed by atoms with Crippen molar-refractivity contribution in [2.45, 2.75) is 23.5 Å². The number of sulfone groups is 1. The van der Waals surface area contributed by atoms with Crippen LogP contribution in [0.15, 0.2) is 71.6 Å². The van der Waals surface area contributed by atoms with E-state index in [1.54, 1.807) is 41.3 Å². The minimum atomic E-state index is -3.78. The highest BCUT2D eigenvalue weighted by Gasteiger charge is 2.23. The average molecular weight is 532 g/mol. The van der Waals surface area contributed by atoms with Gasteiger partial charge in [0.15, 0.2) is 9.84 Å². The van der Waals surface area contributed by atoms with Gasteiger partial charge in [-0.15, -0.1) is 0 Å². The molecule has 3 aromatic carbocycles. The van der Waals surface area contributed by atoms with E-state index in [-0.39, 0.29) is 16.5 Å². The van der Waals surface area contributed by atoms with Crippen LogP contribution >= 0.6 is 23.2 Å². The van der Waals surface area contributed by atoms with E-state index in [9.17, 15) is 18.0 Å². The lowest BCUT2D eigenvalue weighted by Gasteiger charge is -2.18. The van der Waals surface area contributed by atoms with Crippen molar-refractivity contribution in [2.75, 3.05) is 23.7 Å². The maximum Gasteiger partial charge on any atom is 0.323 e. The van der Waals surface area contributed by atoms with E-state index >= 15 is 0 Å². The zero-order valence-corrected chi connectivity index (χ0v) is 21.0. The van der Waals surface area contributed by atoms with E-state index in [4.69, 9.17) is 23.2 Å². The molecular weight excluding hydrogens is 509 g/mol. The fourth-order valence-electron chi connectivity index (χ4n) is 3.82. The lowest BCUT2D eigenvalue weighted by molar-refractivity contribution is 0.0792. The van der Waals surface area contributed by atoms with Gasteiger partial charge < -0.3 is 15.5 Å². The van der Waals surface area contributed by atoms with Crippen molar-refractivity contribution in [1.82, 2.24) is 4.90 Å². The Labute approximate surface area is 214 Å². The number of anilines is 2. The first-order valence-electron chi connectivity index (χ1n) is 11.0.